The lowest BCUT2D eigenvalue weighted by molar-refractivity contribution is -0.127. The van der Waals surface area contributed by atoms with Crippen LogP contribution in [0.5, 0.6) is 0 Å². The average Bonchev–Trinajstić information content (AvgIpc) is 2.17. The Morgan fingerprint density at radius 2 is 1.80 bits per heavy atom. The summed E-state index contributed by atoms with van der Waals surface area (Å²) in [6.07, 6.45) is 3.13. The molecule has 15 heavy (non-hydrogen) atoms. The maximum absolute atomic E-state index is 11.4. The summed E-state index contributed by atoms with van der Waals surface area (Å²) in [5.74, 6) is -0.0911. The Kier molecular flexibility index (Phi) is 3.83. The number of piperazine rings is 1. The minimum Gasteiger partial charge on any atom is -0.337 e. The van der Waals surface area contributed by atoms with Crippen molar-refractivity contribution >= 4 is 16.1 Å². The fourth-order valence-corrected chi connectivity index (χ4v) is 2.08. The van der Waals surface area contributed by atoms with Crippen LogP contribution >= 0.6 is 0 Å². The lowest BCUT2D eigenvalue weighted by Gasteiger charge is -2.32. The third-order valence-electron chi connectivity index (χ3n) is 2.22. The van der Waals surface area contributed by atoms with Crippen molar-refractivity contribution in [3.8, 4) is 0 Å². The first kappa shape index (κ1) is 12.2. The van der Waals surface area contributed by atoms with Crippen molar-refractivity contribution in [2.24, 2.45) is 5.14 Å². The summed E-state index contributed by atoms with van der Waals surface area (Å²) in [5.41, 5.74) is 0. The zero-order valence-corrected chi connectivity index (χ0v) is 9.40. The molecule has 1 aliphatic rings. The molecule has 0 spiro atoms. The van der Waals surface area contributed by atoms with Gasteiger partial charge in [-0.05, 0) is 13.0 Å². The van der Waals surface area contributed by atoms with Gasteiger partial charge in [0.25, 0.3) is 10.2 Å². The molecule has 1 fully saturated rings. The van der Waals surface area contributed by atoms with Crippen molar-refractivity contribution in [2.45, 2.75) is 6.92 Å². The maximum Gasteiger partial charge on any atom is 0.277 e. The molecule has 0 aromatic heterocycles. The molecule has 0 aliphatic carbocycles. The predicted octanol–water partition coefficient (Wildman–Crippen LogP) is -1.09. The number of carbonyl (C=O) groups excluding carboxylic acids is 1. The van der Waals surface area contributed by atoms with E-state index in [2.05, 4.69) is 0 Å². The molecule has 1 rings (SSSR count). The number of allylic oxidation sites excluding steroid dienone is 1. The normalized spacial score (nSPS) is 19.7. The third kappa shape index (κ3) is 3.29. The highest BCUT2D eigenvalue weighted by atomic mass is 32.2. The van der Waals surface area contributed by atoms with Crippen LogP contribution in [-0.2, 0) is 15.0 Å². The Morgan fingerprint density at radius 3 is 2.20 bits per heavy atom. The van der Waals surface area contributed by atoms with Crippen LogP contribution in [0.2, 0.25) is 0 Å². The first-order valence-corrected chi connectivity index (χ1v) is 6.15. The van der Waals surface area contributed by atoms with Crippen LogP contribution in [0, 0.1) is 0 Å². The zero-order valence-electron chi connectivity index (χ0n) is 8.59. The quantitative estimate of drug-likeness (QED) is 0.615. The molecule has 0 bridgehead atoms. The second kappa shape index (κ2) is 4.73. The Labute approximate surface area is 89.5 Å². The summed E-state index contributed by atoms with van der Waals surface area (Å²) in [5, 5.41) is 4.97. The van der Waals surface area contributed by atoms with Crippen LogP contribution in [0.4, 0.5) is 0 Å². The van der Waals surface area contributed by atoms with E-state index in [1.807, 2.05) is 0 Å². The molecule has 0 atom stereocenters. The second-order valence-corrected chi connectivity index (χ2v) is 4.82. The molecule has 1 saturated heterocycles. The Hall–Kier alpha value is -0.920. The van der Waals surface area contributed by atoms with E-state index < -0.39 is 10.2 Å². The van der Waals surface area contributed by atoms with E-state index in [-0.39, 0.29) is 19.0 Å². The lowest BCUT2D eigenvalue weighted by Crippen LogP contribution is -2.51. The van der Waals surface area contributed by atoms with Gasteiger partial charge in [0.05, 0.1) is 0 Å². The Balaban J connectivity index is 2.53. The van der Waals surface area contributed by atoms with Crippen LogP contribution in [0.25, 0.3) is 0 Å². The molecule has 0 unspecified atom stereocenters. The van der Waals surface area contributed by atoms with E-state index in [1.54, 1.807) is 17.9 Å². The minimum atomic E-state index is -3.61. The van der Waals surface area contributed by atoms with E-state index in [1.165, 1.54) is 10.4 Å². The van der Waals surface area contributed by atoms with Gasteiger partial charge in [0.1, 0.15) is 0 Å². The summed E-state index contributed by atoms with van der Waals surface area (Å²) in [7, 11) is -3.61. The smallest absolute Gasteiger partial charge is 0.277 e. The van der Waals surface area contributed by atoms with Crippen LogP contribution in [0.3, 0.4) is 0 Å². The molecule has 2 N–H and O–H groups in total. The highest BCUT2D eigenvalue weighted by molar-refractivity contribution is 7.86. The lowest BCUT2D eigenvalue weighted by atomic mass is 10.3. The first-order valence-electron chi connectivity index (χ1n) is 4.64. The Morgan fingerprint density at radius 1 is 1.27 bits per heavy atom. The number of rotatable bonds is 2. The summed E-state index contributed by atoms with van der Waals surface area (Å²) in [6, 6.07) is 0. The van der Waals surface area contributed by atoms with Crippen molar-refractivity contribution in [1.29, 1.82) is 0 Å². The fraction of sp³-hybridized carbons (Fsp3) is 0.625. The molecule has 1 aliphatic heterocycles. The SMILES string of the molecule is CC=CC(=O)N1CCN(S(N)(=O)=O)CC1. The highest BCUT2D eigenvalue weighted by Crippen LogP contribution is 2.04. The first-order chi connectivity index (χ1) is 6.95. The molecule has 7 heteroatoms. The summed E-state index contributed by atoms with van der Waals surface area (Å²) in [4.78, 5) is 13.0. The van der Waals surface area contributed by atoms with E-state index in [0.29, 0.717) is 13.1 Å². The van der Waals surface area contributed by atoms with Gasteiger partial charge in [-0.15, -0.1) is 0 Å². The van der Waals surface area contributed by atoms with E-state index in [0.717, 1.165) is 0 Å². The van der Waals surface area contributed by atoms with Crippen LogP contribution < -0.4 is 5.14 Å². The van der Waals surface area contributed by atoms with Gasteiger partial charge in [-0.3, -0.25) is 4.79 Å². The van der Waals surface area contributed by atoms with Gasteiger partial charge in [-0.2, -0.15) is 12.7 Å². The third-order valence-corrected chi connectivity index (χ3v) is 3.30. The van der Waals surface area contributed by atoms with Crippen molar-refractivity contribution in [3.63, 3.8) is 0 Å². The van der Waals surface area contributed by atoms with E-state index in [4.69, 9.17) is 5.14 Å². The van der Waals surface area contributed by atoms with E-state index >= 15 is 0 Å². The molecule has 6 nitrogen and oxygen atoms in total. The minimum absolute atomic E-state index is 0.0911. The maximum atomic E-state index is 11.4. The van der Waals surface area contributed by atoms with Crippen LogP contribution in [0.15, 0.2) is 12.2 Å². The molecule has 0 aromatic rings. The van der Waals surface area contributed by atoms with Crippen molar-refractivity contribution < 1.29 is 13.2 Å². The van der Waals surface area contributed by atoms with Gasteiger partial charge in [-0.1, -0.05) is 6.08 Å². The van der Waals surface area contributed by atoms with Gasteiger partial charge >= 0.3 is 0 Å². The number of hydrogen-bond acceptors (Lipinski definition) is 3. The topological polar surface area (TPSA) is 83.7 Å². The number of carbonyl (C=O) groups is 1. The fourth-order valence-electron chi connectivity index (χ4n) is 1.41. The van der Waals surface area contributed by atoms with Gasteiger partial charge < -0.3 is 4.90 Å². The number of nitrogens with two attached hydrogens (primary N) is 1. The highest BCUT2D eigenvalue weighted by Gasteiger charge is 2.25. The standard InChI is InChI=1S/C8H15N3O3S/c1-2-3-8(12)10-4-6-11(7-5-10)15(9,13)14/h2-3H,4-7H2,1H3,(H2,9,13,14). The average molecular weight is 233 g/mol. The molecule has 86 valence electrons. The number of amides is 1. The van der Waals surface area contributed by atoms with Crippen LogP contribution in [0.1, 0.15) is 6.92 Å². The summed E-state index contributed by atoms with van der Waals surface area (Å²) in [6.45, 7) is 3.07. The summed E-state index contributed by atoms with van der Waals surface area (Å²) >= 11 is 0. The van der Waals surface area contributed by atoms with Crippen LogP contribution in [-0.4, -0.2) is 49.7 Å². The van der Waals surface area contributed by atoms with Crippen molar-refractivity contribution in [3.05, 3.63) is 12.2 Å². The molecule has 1 heterocycles. The number of hydrogen-bond donors (Lipinski definition) is 1. The zero-order chi connectivity index (χ0) is 11.5. The van der Waals surface area contributed by atoms with Gasteiger partial charge in [-0.25, -0.2) is 5.14 Å². The molecule has 1 amide bonds. The molecular formula is C8H15N3O3S. The van der Waals surface area contributed by atoms with E-state index in [9.17, 15) is 13.2 Å². The second-order valence-electron chi connectivity index (χ2n) is 3.27. The van der Waals surface area contributed by atoms with Gasteiger partial charge in [0.15, 0.2) is 0 Å². The summed E-state index contributed by atoms with van der Waals surface area (Å²) < 4.78 is 23.1. The molecular weight excluding hydrogens is 218 g/mol. The predicted molar refractivity (Wildman–Crippen MR) is 56.1 cm³/mol. The van der Waals surface area contributed by atoms with Gasteiger partial charge in [0, 0.05) is 26.2 Å². The monoisotopic (exact) mass is 233 g/mol. The van der Waals surface area contributed by atoms with Gasteiger partial charge in [0.2, 0.25) is 5.91 Å². The number of nitrogens with zero attached hydrogens (tertiary/aromatic N) is 2. The largest absolute Gasteiger partial charge is 0.337 e. The molecule has 0 aromatic carbocycles. The Bertz CT molecular complexity index is 355. The van der Waals surface area contributed by atoms with Crippen molar-refractivity contribution in [1.82, 2.24) is 9.21 Å². The molecule has 0 saturated carbocycles. The van der Waals surface area contributed by atoms with Crippen molar-refractivity contribution in [2.75, 3.05) is 26.2 Å². The molecule has 0 radical (unpaired) electrons.